The van der Waals surface area contributed by atoms with Crippen molar-refractivity contribution in [2.24, 2.45) is 0 Å². The van der Waals surface area contributed by atoms with E-state index in [4.69, 9.17) is 11.6 Å². The number of benzene rings is 2. The van der Waals surface area contributed by atoms with Crippen LogP contribution in [0.25, 0.3) is 0 Å². The summed E-state index contributed by atoms with van der Waals surface area (Å²) < 4.78 is 27.6. The van der Waals surface area contributed by atoms with Crippen LogP contribution >= 0.6 is 27.5 Å². The Morgan fingerprint density at radius 3 is 2.12 bits per heavy atom. The number of halogens is 2. The second-order valence-corrected chi connectivity index (χ2v) is 11.1. The first-order valence-corrected chi connectivity index (χ1v) is 12.6. The molecule has 1 unspecified atom stereocenters. The van der Waals surface area contributed by atoms with E-state index in [1.54, 1.807) is 6.92 Å². The summed E-state index contributed by atoms with van der Waals surface area (Å²) in [5.41, 5.74) is 0.814. The molecule has 0 aliphatic rings. The van der Waals surface area contributed by atoms with Gasteiger partial charge in [0.1, 0.15) is 6.04 Å². The van der Waals surface area contributed by atoms with Crippen molar-refractivity contribution in [2.75, 3.05) is 13.6 Å². The third-order valence-electron chi connectivity index (χ3n) is 4.74. The van der Waals surface area contributed by atoms with E-state index < -0.39 is 28.5 Å². The van der Waals surface area contributed by atoms with E-state index in [0.29, 0.717) is 5.02 Å². The lowest BCUT2D eigenvalue weighted by molar-refractivity contribution is -0.140. The van der Waals surface area contributed by atoms with Crippen molar-refractivity contribution in [1.82, 2.24) is 14.5 Å². The van der Waals surface area contributed by atoms with Crippen LogP contribution in [0.2, 0.25) is 5.02 Å². The molecule has 1 atom stereocenters. The van der Waals surface area contributed by atoms with E-state index in [1.165, 1.54) is 36.2 Å². The molecule has 0 spiro atoms. The summed E-state index contributed by atoms with van der Waals surface area (Å²) in [4.78, 5) is 27.2. The van der Waals surface area contributed by atoms with Gasteiger partial charge in [-0.05, 0) is 62.7 Å². The number of likely N-dealkylation sites (N-methyl/N-ethyl adjacent to an activating group) is 1. The number of sulfonamides is 1. The molecule has 0 fully saturated rings. The first kappa shape index (κ1) is 26.3. The maximum atomic E-state index is 13.2. The zero-order valence-electron chi connectivity index (χ0n) is 18.4. The Kier molecular flexibility index (Phi) is 9.27. The Hall–Kier alpha value is -1.94. The lowest BCUT2D eigenvalue weighted by atomic mass is 10.1. The van der Waals surface area contributed by atoms with Gasteiger partial charge in [0, 0.05) is 29.1 Å². The van der Waals surface area contributed by atoms with Crippen LogP contribution in [0.1, 0.15) is 26.3 Å². The van der Waals surface area contributed by atoms with Crippen LogP contribution in [0.4, 0.5) is 0 Å². The van der Waals surface area contributed by atoms with Gasteiger partial charge >= 0.3 is 0 Å². The van der Waals surface area contributed by atoms with Gasteiger partial charge in [-0.2, -0.15) is 4.31 Å². The van der Waals surface area contributed by atoms with E-state index in [9.17, 15) is 18.0 Å². The smallest absolute Gasteiger partial charge is 0.243 e. The van der Waals surface area contributed by atoms with Crippen LogP contribution in [-0.4, -0.2) is 55.1 Å². The van der Waals surface area contributed by atoms with Crippen LogP contribution < -0.4 is 5.32 Å². The zero-order chi connectivity index (χ0) is 24.1. The second-order valence-electron chi connectivity index (χ2n) is 7.70. The Balaban J connectivity index is 2.26. The Morgan fingerprint density at radius 1 is 1.03 bits per heavy atom. The number of amides is 2. The predicted molar refractivity (Wildman–Crippen MR) is 129 cm³/mol. The normalized spacial score (nSPS) is 12.6. The van der Waals surface area contributed by atoms with Gasteiger partial charge in [-0.3, -0.25) is 9.59 Å². The van der Waals surface area contributed by atoms with Gasteiger partial charge in [-0.15, -0.1) is 0 Å². The molecule has 2 aromatic rings. The third kappa shape index (κ3) is 7.03. The van der Waals surface area contributed by atoms with Crippen molar-refractivity contribution in [1.29, 1.82) is 0 Å². The lowest BCUT2D eigenvalue weighted by Crippen LogP contribution is -2.51. The minimum atomic E-state index is -3.91. The fraction of sp³-hybridized carbons (Fsp3) is 0.364. The molecule has 0 bridgehead atoms. The maximum absolute atomic E-state index is 13.2. The molecule has 0 saturated heterocycles. The summed E-state index contributed by atoms with van der Waals surface area (Å²) in [5.74, 6) is -0.798. The van der Waals surface area contributed by atoms with Gasteiger partial charge in [-0.25, -0.2) is 8.42 Å². The molecule has 7 nitrogen and oxygen atoms in total. The summed E-state index contributed by atoms with van der Waals surface area (Å²) in [6.45, 7) is 5.03. The SMILES string of the molecule is CC(C)NC(=O)C(C)N(Cc1ccc(Br)cc1)C(=O)CN(C)S(=O)(=O)c1ccc(Cl)cc1. The number of hydrogen-bond donors (Lipinski definition) is 1. The maximum Gasteiger partial charge on any atom is 0.243 e. The van der Waals surface area contributed by atoms with Gasteiger partial charge in [0.15, 0.2) is 0 Å². The molecule has 2 rings (SSSR count). The average Bonchev–Trinajstić information content (AvgIpc) is 2.72. The number of hydrogen-bond acceptors (Lipinski definition) is 4. The van der Waals surface area contributed by atoms with Crippen molar-refractivity contribution in [3.8, 4) is 0 Å². The highest BCUT2D eigenvalue weighted by Crippen LogP contribution is 2.19. The van der Waals surface area contributed by atoms with Crippen molar-refractivity contribution < 1.29 is 18.0 Å². The van der Waals surface area contributed by atoms with E-state index in [2.05, 4.69) is 21.2 Å². The number of carbonyl (C=O) groups is 2. The average molecular weight is 545 g/mol. The summed E-state index contributed by atoms with van der Waals surface area (Å²) in [6.07, 6.45) is 0. The van der Waals surface area contributed by atoms with Crippen LogP contribution in [0.5, 0.6) is 0 Å². The molecule has 0 heterocycles. The monoisotopic (exact) mass is 543 g/mol. The van der Waals surface area contributed by atoms with E-state index in [-0.39, 0.29) is 23.4 Å². The minimum Gasteiger partial charge on any atom is -0.352 e. The van der Waals surface area contributed by atoms with E-state index >= 15 is 0 Å². The molecule has 0 saturated carbocycles. The molecule has 0 radical (unpaired) electrons. The highest BCUT2D eigenvalue weighted by molar-refractivity contribution is 9.10. The summed E-state index contributed by atoms with van der Waals surface area (Å²) >= 11 is 9.22. The second kappa shape index (κ2) is 11.3. The Labute approximate surface area is 202 Å². The Bertz CT molecular complexity index is 1040. The van der Waals surface area contributed by atoms with Crippen LogP contribution in [0.3, 0.4) is 0 Å². The predicted octanol–water partition coefficient (Wildman–Crippen LogP) is 3.66. The highest BCUT2D eigenvalue weighted by atomic mass is 79.9. The molecule has 10 heteroatoms. The molecule has 174 valence electrons. The molecular formula is C22H27BrClN3O4S. The van der Waals surface area contributed by atoms with Crippen molar-refractivity contribution in [3.05, 3.63) is 63.6 Å². The summed E-state index contributed by atoms with van der Waals surface area (Å²) in [6, 6.07) is 12.2. The fourth-order valence-electron chi connectivity index (χ4n) is 2.93. The Morgan fingerprint density at radius 2 is 1.59 bits per heavy atom. The number of nitrogens with zero attached hydrogens (tertiary/aromatic N) is 2. The van der Waals surface area contributed by atoms with Crippen LogP contribution in [0.15, 0.2) is 57.9 Å². The number of nitrogens with one attached hydrogen (secondary N) is 1. The largest absolute Gasteiger partial charge is 0.352 e. The molecule has 2 aromatic carbocycles. The van der Waals surface area contributed by atoms with Gasteiger partial charge in [0.05, 0.1) is 11.4 Å². The summed E-state index contributed by atoms with van der Waals surface area (Å²) in [5, 5.41) is 3.21. The minimum absolute atomic E-state index is 0.0299. The molecular weight excluding hydrogens is 518 g/mol. The standard InChI is InChI=1S/C22H27BrClN3O4S/c1-15(2)25-22(29)16(3)27(13-17-5-7-18(23)8-6-17)21(28)14-26(4)32(30,31)20-11-9-19(24)10-12-20/h5-12,15-16H,13-14H2,1-4H3,(H,25,29). The van der Waals surface area contributed by atoms with Gasteiger partial charge in [0.2, 0.25) is 21.8 Å². The van der Waals surface area contributed by atoms with Crippen molar-refractivity contribution >= 4 is 49.4 Å². The summed E-state index contributed by atoms with van der Waals surface area (Å²) in [7, 11) is -2.58. The van der Waals surface area contributed by atoms with Gasteiger partial charge in [-0.1, -0.05) is 39.7 Å². The van der Waals surface area contributed by atoms with Crippen LogP contribution in [-0.2, 0) is 26.2 Å². The van der Waals surface area contributed by atoms with Gasteiger partial charge < -0.3 is 10.2 Å². The fourth-order valence-corrected chi connectivity index (χ4v) is 4.44. The van der Waals surface area contributed by atoms with Crippen molar-refractivity contribution in [3.63, 3.8) is 0 Å². The molecule has 0 aliphatic carbocycles. The lowest BCUT2D eigenvalue weighted by Gasteiger charge is -2.30. The third-order valence-corrected chi connectivity index (χ3v) is 7.34. The quantitative estimate of drug-likeness (QED) is 0.522. The van der Waals surface area contributed by atoms with Gasteiger partial charge in [0.25, 0.3) is 0 Å². The first-order chi connectivity index (χ1) is 14.9. The highest BCUT2D eigenvalue weighted by Gasteiger charge is 2.30. The molecule has 1 N–H and O–H groups in total. The molecule has 0 aromatic heterocycles. The van der Waals surface area contributed by atoms with E-state index in [1.807, 2.05) is 38.1 Å². The first-order valence-electron chi connectivity index (χ1n) is 9.98. The van der Waals surface area contributed by atoms with E-state index in [0.717, 1.165) is 14.3 Å². The van der Waals surface area contributed by atoms with Crippen molar-refractivity contribution in [2.45, 2.75) is 44.3 Å². The molecule has 2 amide bonds. The molecule has 0 aliphatic heterocycles. The molecule has 32 heavy (non-hydrogen) atoms. The van der Waals surface area contributed by atoms with Crippen LogP contribution in [0, 0.1) is 0 Å². The number of carbonyl (C=O) groups excluding carboxylic acids is 2. The zero-order valence-corrected chi connectivity index (χ0v) is 21.5. The topological polar surface area (TPSA) is 86.8 Å². The number of rotatable bonds is 9.